The molecule has 0 bridgehead atoms. The van der Waals surface area contributed by atoms with Gasteiger partial charge in [0.1, 0.15) is 0 Å². The van der Waals surface area contributed by atoms with E-state index in [0.717, 1.165) is 23.6 Å². The fourth-order valence-corrected chi connectivity index (χ4v) is 3.94. The molecule has 0 aliphatic carbocycles. The molecule has 0 aliphatic heterocycles. The average molecular weight is 410 g/mol. The minimum atomic E-state index is -0.132. The second-order valence-corrected chi connectivity index (χ2v) is 8.66. The number of carbonyl (C=O) groups is 2. The third-order valence-electron chi connectivity index (χ3n) is 4.73. The third-order valence-corrected chi connectivity index (χ3v) is 5.59. The van der Waals surface area contributed by atoms with Crippen LogP contribution >= 0.6 is 11.3 Å². The molecule has 0 fully saturated rings. The Hall–Kier alpha value is -2.86. The summed E-state index contributed by atoms with van der Waals surface area (Å²) < 4.78 is 2.16. The fourth-order valence-electron chi connectivity index (χ4n) is 3.25. The Balaban J connectivity index is 1.66. The van der Waals surface area contributed by atoms with Gasteiger partial charge in [0, 0.05) is 34.1 Å². The van der Waals surface area contributed by atoms with Gasteiger partial charge in [0.25, 0.3) is 5.91 Å². The molecule has 3 aromatic rings. The van der Waals surface area contributed by atoms with Crippen molar-refractivity contribution in [3.05, 3.63) is 69.7 Å². The van der Waals surface area contributed by atoms with Crippen molar-refractivity contribution in [2.24, 2.45) is 5.92 Å². The second-order valence-electron chi connectivity index (χ2n) is 7.63. The Kier molecular flexibility index (Phi) is 6.54. The van der Waals surface area contributed by atoms with Crippen LogP contribution in [0.2, 0.25) is 0 Å². The van der Waals surface area contributed by atoms with Crippen LogP contribution in [0.4, 0.5) is 11.4 Å². The number of nitrogens with one attached hydrogen (secondary N) is 2. The van der Waals surface area contributed by atoms with E-state index in [1.165, 1.54) is 4.88 Å². The number of anilines is 2. The molecule has 0 radical (unpaired) electrons. The van der Waals surface area contributed by atoms with Gasteiger partial charge in [0.2, 0.25) is 5.91 Å². The van der Waals surface area contributed by atoms with E-state index in [2.05, 4.69) is 26.6 Å². The van der Waals surface area contributed by atoms with Crippen molar-refractivity contribution < 1.29 is 9.59 Å². The van der Waals surface area contributed by atoms with Gasteiger partial charge in [-0.05, 0) is 61.5 Å². The highest BCUT2D eigenvalue weighted by Gasteiger charge is 2.16. The molecule has 0 saturated carbocycles. The van der Waals surface area contributed by atoms with Crippen LogP contribution in [0.1, 0.15) is 46.9 Å². The molecule has 0 unspecified atom stereocenters. The van der Waals surface area contributed by atoms with E-state index in [0.29, 0.717) is 23.6 Å². The Morgan fingerprint density at radius 3 is 2.28 bits per heavy atom. The molecule has 2 heterocycles. The molecule has 1 aromatic carbocycles. The van der Waals surface area contributed by atoms with E-state index in [9.17, 15) is 9.59 Å². The van der Waals surface area contributed by atoms with Crippen LogP contribution in [0.25, 0.3) is 0 Å². The zero-order chi connectivity index (χ0) is 21.0. The molecular weight excluding hydrogens is 382 g/mol. The topological polar surface area (TPSA) is 63.1 Å². The van der Waals surface area contributed by atoms with Crippen molar-refractivity contribution in [3.8, 4) is 0 Å². The first kappa shape index (κ1) is 20.9. The van der Waals surface area contributed by atoms with Crippen LogP contribution < -0.4 is 10.6 Å². The third kappa shape index (κ3) is 5.35. The Morgan fingerprint density at radius 1 is 1.03 bits per heavy atom. The van der Waals surface area contributed by atoms with Crippen molar-refractivity contribution in [1.82, 2.24) is 4.57 Å². The molecular formula is C23H27N3O2S. The van der Waals surface area contributed by atoms with Crippen molar-refractivity contribution in [3.63, 3.8) is 0 Å². The van der Waals surface area contributed by atoms with Gasteiger partial charge in [-0.2, -0.15) is 0 Å². The maximum absolute atomic E-state index is 12.8. The van der Waals surface area contributed by atoms with Crippen LogP contribution in [-0.4, -0.2) is 16.4 Å². The molecule has 2 amide bonds. The number of thiophene rings is 1. The minimum absolute atomic E-state index is 0.00466. The molecule has 0 atom stereocenters. The number of nitrogens with zero attached hydrogens (tertiary/aromatic N) is 1. The largest absolute Gasteiger partial charge is 0.343 e. The zero-order valence-electron chi connectivity index (χ0n) is 17.3. The summed E-state index contributed by atoms with van der Waals surface area (Å²) in [6, 6.07) is 13.3. The maximum atomic E-state index is 12.8. The summed E-state index contributed by atoms with van der Waals surface area (Å²) in [7, 11) is 0. The van der Waals surface area contributed by atoms with Crippen LogP contribution in [0.5, 0.6) is 0 Å². The smallest absolute Gasteiger partial charge is 0.257 e. The van der Waals surface area contributed by atoms with E-state index < -0.39 is 0 Å². The molecule has 2 N–H and O–H groups in total. The summed E-state index contributed by atoms with van der Waals surface area (Å²) >= 11 is 1.71. The van der Waals surface area contributed by atoms with E-state index in [4.69, 9.17) is 0 Å². The summed E-state index contributed by atoms with van der Waals surface area (Å²) in [5.41, 5.74) is 4.10. The van der Waals surface area contributed by atoms with E-state index in [1.807, 2.05) is 39.8 Å². The standard InChI is InChI=1S/C23H27N3O2S/c1-15(2)12-22(27)24-18-7-9-19(10-8-18)25-23(28)21-13-16(3)26(17(21)4)14-20-6-5-11-29-20/h5-11,13,15H,12,14H2,1-4H3,(H,24,27)(H,25,28). The van der Waals surface area contributed by atoms with Gasteiger partial charge in [0.15, 0.2) is 0 Å². The molecule has 0 saturated heterocycles. The van der Waals surface area contributed by atoms with Crippen LogP contribution in [0.15, 0.2) is 47.8 Å². The van der Waals surface area contributed by atoms with Gasteiger partial charge in [0.05, 0.1) is 12.1 Å². The number of benzene rings is 1. The molecule has 2 aromatic heterocycles. The average Bonchev–Trinajstić information content (AvgIpc) is 3.26. The van der Waals surface area contributed by atoms with Crippen molar-refractivity contribution in [2.75, 3.05) is 10.6 Å². The molecule has 0 aliphatic rings. The summed E-state index contributed by atoms with van der Waals surface area (Å²) in [5.74, 6) is 0.175. The van der Waals surface area contributed by atoms with Gasteiger partial charge in [-0.15, -0.1) is 11.3 Å². The van der Waals surface area contributed by atoms with Crippen LogP contribution in [-0.2, 0) is 11.3 Å². The van der Waals surface area contributed by atoms with Crippen LogP contribution in [0, 0.1) is 19.8 Å². The first-order valence-corrected chi connectivity index (χ1v) is 10.6. The SMILES string of the molecule is Cc1cc(C(=O)Nc2ccc(NC(=O)CC(C)C)cc2)c(C)n1Cc1cccs1. The van der Waals surface area contributed by atoms with Crippen LogP contribution in [0.3, 0.4) is 0 Å². The molecule has 5 nitrogen and oxygen atoms in total. The summed E-state index contributed by atoms with van der Waals surface area (Å²) in [6.45, 7) is 8.79. The summed E-state index contributed by atoms with van der Waals surface area (Å²) in [4.78, 5) is 25.9. The predicted molar refractivity (Wildman–Crippen MR) is 120 cm³/mol. The van der Waals surface area contributed by atoms with Crippen molar-refractivity contribution in [2.45, 2.75) is 40.7 Å². The first-order valence-electron chi connectivity index (χ1n) is 9.74. The van der Waals surface area contributed by atoms with Gasteiger partial charge in [-0.25, -0.2) is 0 Å². The highest BCUT2D eigenvalue weighted by Crippen LogP contribution is 2.21. The molecule has 0 spiro atoms. The van der Waals surface area contributed by atoms with Gasteiger partial charge < -0.3 is 15.2 Å². The van der Waals surface area contributed by atoms with Gasteiger partial charge in [-0.1, -0.05) is 19.9 Å². The number of carbonyl (C=O) groups excluding carboxylic acids is 2. The minimum Gasteiger partial charge on any atom is -0.343 e. The summed E-state index contributed by atoms with van der Waals surface area (Å²) in [6.07, 6.45) is 0.486. The normalized spacial score (nSPS) is 10.9. The summed E-state index contributed by atoms with van der Waals surface area (Å²) in [5, 5.41) is 7.88. The van der Waals surface area contributed by atoms with Gasteiger partial charge in [-0.3, -0.25) is 9.59 Å². The number of aryl methyl sites for hydroxylation is 1. The molecule has 3 rings (SSSR count). The van der Waals surface area contributed by atoms with Crippen molar-refractivity contribution in [1.29, 1.82) is 0 Å². The maximum Gasteiger partial charge on any atom is 0.257 e. The monoisotopic (exact) mass is 409 g/mol. The lowest BCUT2D eigenvalue weighted by molar-refractivity contribution is -0.116. The lowest BCUT2D eigenvalue weighted by Gasteiger charge is -2.10. The number of aromatic nitrogens is 1. The van der Waals surface area contributed by atoms with Gasteiger partial charge >= 0.3 is 0 Å². The number of hydrogen-bond donors (Lipinski definition) is 2. The van der Waals surface area contributed by atoms with E-state index >= 15 is 0 Å². The van der Waals surface area contributed by atoms with Crippen molar-refractivity contribution >= 4 is 34.5 Å². The lowest BCUT2D eigenvalue weighted by atomic mass is 10.1. The Morgan fingerprint density at radius 2 is 1.69 bits per heavy atom. The first-order chi connectivity index (χ1) is 13.8. The zero-order valence-corrected chi connectivity index (χ0v) is 18.1. The highest BCUT2D eigenvalue weighted by molar-refractivity contribution is 7.09. The lowest BCUT2D eigenvalue weighted by Crippen LogP contribution is -2.15. The Labute approximate surface area is 175 Å². The number of rotatable bonds is 7. The molecule has 6 heteroatoms. The second kappa shape index (κ2) is 9.09. The predicted octanol–water partition coefficient (Wildman–Crippen LogP) is 5.45. The molecule has 29 heavy (non-hydrogen) atoms. The van der Waals surface area contributed by atoms with E-state index in [-0.39, 0.29) is 11.8 Å². The number of amides is 2. The highest BCUT2D eigenvalue weighted by atomic mass is 32.1. The quantitative estimate of drug-likeness (QED) is 0.545. The van der Waals surface area contributed by atoms with E-state index in [1.54, 1.807) is 35.6 Å². The number of hydrogen-bond acceptors (Lipinski definition) is 3. The Bertz CT molecular complexity index is 986. The fraction of sp³-hybridized carbons (Fsp3) is 0.304. The molecule has 152 valence electrons.